The fourth-order valence-corrected chi connectivity index (χ4v) is 3.68. The van der Waals surface area contributed by atoms with Gasteiger partial charge in [0, 0.05) is 0 Å². The number of nitrogens with one attached hydrogen (secondary N) is 1. The summed E-state index contributed by atoms with van der Waals surface area (Å²) in [5.74, 6) is 0.938. The van der Waals surface area contributed by atoms with Gasteiger partial charge in [-0.25, -0.2) is 18.1 Å². The van der Waals surface area contributed by atoms with Gasteiger partial charge in [0.25, 0.3) is 10.0 Å². The summed E-state index contributed by atoms with van der Waals surface area (Å²) >= 11 is 5.81. The second-order valence-electron chi connectivity index (χ2n) is 3.67. The minimum Gasteiger partial charge on any atom is -0.445 e. The molecule has 2 aromatic heterocycles. The van der Waals surface area contributed by atoms with Crippen LogP contribution in [-0.4, -0.2) is 18.4 Å². The molecule has 2 rings (SSSR count). The highest BCUT2D eigenvalue weighted by molar-refractivity contribution is 7.91. The molecule has 19 heavy (non-hydrogen) atoms. The first-order chi connectivity index (χ1) is 8.88. The van der Waals surface area contributed by atoms with Crippen molar-refractivity contribution in [1.82, 2.24) is 9.71 Å². The Morgan fingerprint density at radius 1 is 1.58 bits per heavy atom. The Labute approximate surface area is 119 Å². The van der Waals surface area contributed by atoms with Gasteiger partial charge in [-0.05, 0) is 19.1 Å². The molecule has 0 bridgehead atoms. The number of rotatable bonds is 5. The van der Waals surface area contributed by atoms with E-state index in [1.807, 2.05) is 0 Å². The zero-order chi connectivity index (χ0) is 14.0. The highest BCUT2D eigenvalue weighted by Crippen LogP contribution is 2.21. The van der Waals surface area contributed by atoms with Gasteiger partial charge in [0.15, 0.2) is 0 Å². The van der Waals surface area contributed by atoms with E-state index in [9.17, 15) is 8.42 Å². The molecule has 9 heteroatoms. The molecule has 3 N–H and O–H groups in total. The Hall–Kier alpha value is -1.29. The smallest absolute Gasteiger partial charge is 0.250 e. The molecule has 0 aromatic carbocycles. The Morgan fingerprint density at radius 2 is 2.32 bits per heavy atom. The lowest BCUT2D eigenvalue weighted by Gasteiger charge is -2.01. The minimum absolute atomic E-state index is 0.00349. The van der Waals surface area contributed by atoms with Gasteiger partial charge in [-0.1, -0.05) is 12.2 Å². The number of aryl methyl sites for hydroxylation is 1. The van der Waals surface area contributed by atoms with E-state index in [0.29, 0.717) is 16.5 Å². The van der Waals surface area contributed by atoms with E-state index in [-0.39, 0.29) is 15.7 Å². The van der Waals surface area contributed by atoms with E-state index in [2.05, 4.69) is 9.71 Å². The molecule has 6 nitrogen and oxygen atoms in total. The third-order valence-corrected chi connectivity index (χ3v) is 5.53. The van der Waals surface area contributed by atoms with Crippen molar-refractivity contribution < 1.29 is 12.8 Å². The first kappa shape index (κ1) is 14.1. The van der Waals surface area contributed by atoms with Crippen LogP contribution in [0.15, 0.2) is 27.0 Å². The number of nitrogens with zero attached hydrogens (tertiary/aromatic N) is 1. The monoisotopic (exact) mass is 317 g/mol. The Bertz CT molecular complexity index is 702. The molecule has 0 radical (unpaired) electrons. The number of oxazole rings is 1. The molecule has 0 amide bonds. The predicted octanol–water partition coefficient (Wildman–Crippen LogP) is 1.16. The van der Waals surface area contributed by atoms with E-state index in [0.717, 1.165) is 11.3 Å². The van der Waals surface area contributed by atoms with Crippen LogP contribution in [0.5, 0.6) is 0 Å². The first-order valence-electron chi connectivity index (χ1n) is 5.19. The molecule has 0 unspecified atom stereocenters. The van der Waals surface area contributed by atoms with Crippen LogP contribution in [0, 0.1) is 6.92 Å². The molecule has 2 aromatic rings. The molecule has 0 saturated carbocycles. The standard InChI is InChI=1S/C10H11N3O3S3/c1-6-4-12-8(16-6)5-13-19(14,15)9-3-2-7(18-9)10(11)17/h2-4,13H,5H2,1H3,(H2,11,17). The van der Waals surface area contributed by atoms with Gasteiger partial charge in [0.05, 0.1) is 17.6 Å². The summed E-state index contributed by atoms with van der Waals surface area (Å²) in [4.78, 5) is 4.65. The number of hydrogen-bond acceptors (Lipinski definition) is 6. The Morgan fingerprint density at radius 3 is 2.84 bits per heavy atom. The van der Waals surface area contributed by atoms with E-state index >= 15 is 0 Å². The molecule has 0 fully saturated rings. The van der Waals surface area contributed by atoms with Gasteiger partial charge in [-0.2, -0.15) is 0 Å². The van der Waals surface area contributed by atoms with Crippen molar-refractivity contribution in [2.24, 2.45) is 5.73 Å². The molecular weight excluding hydrogens is 306 g/mol. The molecule has 0 aliphatic heterocycles. The maximum atomic E-state index is 12.0. The van der Waals surface area contributed by atoms with E-state index in [1.54, 1.807) is 13.0 Å². The molecule has 2 heterocycles. The van der Waals surface area contributed by atoms with Crippen molar-refractivity contribution in [2.45, 2.75) is 17.7 Å². The quantitative estimate of drug-likeness (QED) is 0.803. The number of hydrogen-bond donors (Lipinski definition) is 2. The van der Waals surface area contributed by atoms with Crippen LogP contribution in [0.25, 0.3) is 0 Å². The highest BCUT2D eigenvalue weighted by Gasteiger charge is 2.18. The topological polar surface area (TPSA) is 98.2 Å². The zero-order valence-electron chi connectivity index (χ0n) is 9.91. The normalized spacial score (nSPS) is 11.6. The fraction of sp³-hybridized carbons (Fsp3) is 0.200. The molecule has 0 spiro atoms. The summed E-state index contributed by atoms with van der Waals surface area (Å²) < 4.78 is 31.7. The average Bonchev–Trinajstić information content (AvgIpc) is 2.95. The van der Waals surface area contributed by atoms with Crippen LogP contribution in [0.1, 0.15) is 16.5 Å². The van der Waals surface area contributed by atoms with Crippen LogP contribution in [0.3, 0.4) is 0 Å². The lowest BCUT2D eigenvalue weighted by molar-refractivity contribution is 0.463. The van der Waals surface area contributed by atoms with Crippen molar-refractivity contribution in [3.63, 3.8) is 0 Å². The van der Waals surface area contributed by atoms with Crippen LogP contribution >= 0.6 is 23.6 Å². The fourth-order valence-electron chi connectivity index (χ4n) is 1.31. The van der Waals surface area contributed by atoms with E-state index in [4.69, 9.17) is 22.4 Å². The van der Waals surface area contributed by atoms with Gasteiger partial charge >= 0.3 is 0 Å². The third-order valence-electron chi connectivity index (χ3n) is 2.17. The summed E-state index contributed by atoms with van der Waals surface area (Å²) in [6.45, 7) is 1.73. The number of thiophene rings is 1. The molecule has 0 saturated heterocycles. The third kappa shape index (κ3) is 3.38. The molecule has 0 atom stereocenters. The van der Waals surface area contributed by atoms with Gasteiger partial charge in [-0.15, -0.1) is 11.3 Å². The number of sulfonamides is 1. The van der Waals surface area contributed by atoms with Crippen LogP contribution < -0.4 is 10.5 Å². The summed E-state index contributed by atoms with van der Waals surface area (Å²) in [6, 6.07) is 3.04. The highest BCUT2D eigenvalue weighted by atomic mass is 32.2. The lowest BCUT2D eigenvalue weighted by atomic mass is 10.5. The summed E-state index contributed by atoms with van der Waals surface area (Å²) in [5, 5.41) is 0. The van der Waals surface area contributed by atoms with E-state index < -0.39 is 10.0 Å². The predicted molar refractivity (Wildman–Crippen MR) is 75.5 cm³/mol. The Balaban J connectivity index is 2.11. The van der Waals surface area contributed by atoms with Crippen molar-refractivity contribution in [3.05, 3.63) is 34.9 Å². The molecular formula is C10H11N3O3S3. The summed E-state index contributed by atoms with van der Waals surface area (Å²) in [7, 11) is -3.61. The largest absolute Gasteiger partial charge is 0.445 e. The maximum Gasteiger partial charge on any atom is 0.250 e. The average molecular weight is 317 g/mol. The van der Waals surface area contributed by atoms with Crippen molar-refractivity contribution >= 4 is 38.6 Å². The number of nitrogens with two attached hydrogens (primary N) is 1. The maximum absolute atomic E-state index is 12.0. The van der Waals surface area contributed by atoms with Crippen molar-refractivity contribution in [3.8, 4) is 0 Å². The van der Waals surface area contributed by atoms with Gasteiger partial charge in [0.2, 0.25) is 5.89 Å². The lowest BCUT2D eigenvalue weighted by Crippen LogP contribution is -2.22. The molecule has 0 aliphatic rings. The zero-order valence-corrected chi connectivity index (χ0v) is 12.4. The second-order valence-corrected chi connectivity index (χ2v) is 7.19. The van der Waals surface area contributed by atoms with Gasteiger partial charge in [0.1, 0.15) is 15.0 Å². The Kier molecular flexibility index (Phi) is 3.99. The van der Waals surface area contributed by atoms with E-state index in [1.165, 1.54) is 12.3 Å². The minimum atomic E-state index is -3.61. The SMILES string of the molecule is Cc1cnc(CNS(=O)(=O)c2ccc(C(N)=S)s2)o1. The number of aromatic nitrogens is 1. The van der Waals surface area contributed by atoms with Crippen molar-refractivity contribution in [2.75, 3.05) is 0 Å². The second kappa shape index (κ2) is 5.37. The molecule has 102 valence electrons. The van der Waals surface area contributed by atoms with Gasteiger partial charge in [-0.3, -0.25) is 0 Å². The summed E-state index contributed by atoms with van der Waals surface area (Å²) in [6.07, 6.45) is 1.53. The van der Waals surface area contributed by atoms with Crippen LogP contribution in [-0.2, 0) is 16.6 Å². The van der Waals surface area contributed by atoms with Crippen molar-refractivity contribution in [1.29, 1.82) is 0 Å². The first-order valence-corrected chi connectivity index (χ1v) is 7.90. The molecule has 0 aliphatic carbocycles. The summed E-state index contributed by atoms with van der Waals surface area (Å²) in [5.41, 5.74) is 5.44. The number of thiocarbonyl (C=S) groups is 1. The van der Waals surface area contributed by atoms with Crippen LogP contribution in [0.4, 0.5) is 0 Å². The van der Waals surface area contributed by atoms with Gasteiger partial charge < -0.3 is 10.2 Å². The van der Waals surface area contributed by atoms with Crippen LogP contribution in [0.2, 0.25) is 0 Å².